The number of fused-ring (bicyclic) bond motifs is 1. The molecule has 38 heavy (non-hydrogen) atoms. The van der Waals surface area contributed by atoms with Crippen molar-refractivity contribution in [3.63, 3.8) is 0 Å². The number of benzene rings is 2. The summed E-state index contributed by atoms with van der Waals surface area (Å²) < 4.78 is 46.3. The van der Waals surface area contributed by atoms with Crippen LogP contribution in [0, 0.1) is 0 Å². The minimum absolute atomic E-state index is 0.154. The lowest BCUT2D eigenvalue weighted by molar-refractivity contribution is -0.0931. The average Bonchev–Trinajstić information content (AvgIpc) is 2.85. The molecule has 2 aromatic carbocycles. The van der Waals surface area contributed by atoms with Crippen molar-refractivity contribution in [2.75, 3.05) is 30.3 Å². The Morgan fingerprint density at radius 2 is 1.87 bits per heavy atom. The highest BCUT2D eigenvalue weighted by Crippen LogP contribution is 2.31. The molecule has 0 aromatic heterocycles. The van der Waals surface area contributed by atoms with Gasteiger partial charge in [-0.15, -0.1) is 0 Å². The van der Waals surface area contributed by atoms with E-state index in [1.54, 1.807) is 18.2 Å². The van der Waals surface area contributed by atoms with Crippen LogP contribution in [-0.2, 0) is 11.2 Å². The normalized spacial score (nSPS) is 16.1. The molecule has 2 aromatic rings. The van der Waals surface area contributed by atoms with Gasteiger partial charge >= 0.3 is 6.18 Å². The van der Waals surface area contributed by atoms with Gasteiger partial charge in [0.2, 0.25) is 0 Å². The van der Waals surface area contributed by atoms with E-state index < -0.39 is 11.7 Å². The number of nitrogens with one attached hydrogen (secondary N) is 3. The second kappa shape index (κ2) is 13.5. The number of rotatable bonds is 11. The zero-order chi connectivity index (χ0) is 27.7. The molecule has 0 saturated carbocycles. The number of hydrogen-bond donors (Lipinski definition) is 4. The Balaban J connectivity index is 1.84. The summed E-state index contributed by atoms with van der Waals surface area (Å²) in [7, 11) is 0. The summed E-state index contributed by atoms with van der Waals surface area (Å²) >= 11 is 0. The van der Waals surface area contributed by atoms with Crippen LogP contribution in [0.5, 0.6) is 0 Å². The molecular formula is C29H38F3N5O. The molecule has 0 radical (unpaired) electrons. The van der Waals surface area contributed by atoms with Gasteiger partial charge in [0.25, 0.3) is 0 Å². The van der Waals surface area contributed by atoms with E-state index in [0.717, 1.165) is 29.2 Å². The van der Waals surface area contributed by atoms with E-state index in [2.05, 4.69) is 41.9 Å². The number of nitrogens with zero attached hydrogens (tertiary/aromatic N) is 1. The number of allylic oxidation sites excluding steroid dienone is 3. The lowest BCUT2D eigenvalue weighted by Gasteiger charge is -2.27. The first-order valence-electron chi connectivity index (χ1n) is 12.9. The molecule has 0 aliphatic carbocycles. The molecule has 5 N–H and O–H groups in total. The van der Waals surface area contributed by atoms with Crippen molar-refractivity contribution in [1.82, 2.24) is 5.32 Å². The van der Waals surface area contributed by atoms with Gasteiger partial charge in [-0.2, -0.15) is 13.2 Å². The maximum atomic E-state index is 13.6. The minimum atomic E-state index is -4.45. The van der Waals surface area contributed by atoms with Crippen molar-refractivity contribution in [2.24, 2.45) is 10.7 Å². The van der Waals surface area contributed by atoms with Gasteiger partial charge in [-0.05, 0) is 67.4 Å². The monoisotopic (exact) mass is 529 g/mol. The standard InChI is InChI=1S/C29H38F3N5O/c1-19(2)22-8-10-24(11-9-22)35-28-25-12-7-21(16-23(6-5-13-33)29(30,31)32)17-26(25)36-27(37-28)18-34-14-15-38-20(3)4/h5-13,17,19-20,27,34,36H,14-16,18,33H2,1-4H3,(H,35,37)/b13-5-,23-6+. The molecular weight excluding hydrogens is 491 g/mol. The number of anilines is 2. The van der Waals surface area contributed by atoms with Gasteiger partial charge in [0.15, 0.2) is 0 Å². The molecule has 1 unspecified atom stereocenters. The summed E-state index contributed by atoms with van der Waals surface area (Å²) in [5.74, 6) is 1.08. The lowest BCUT2D eigenvalue weighted by Crippen LogP contribution is -2.38. The maximum Gasteiger partial charge on any atom is 0.413 e. The number of amidine groups is 1. The van der Waals surface area contributed by atoms with Gasteiger partial charge in [0, 0.05) is 42.0 Å². The summed E-state index contributed by atoms with van der Waals surface area (Å²) in [6, 6.07) is 13.4. The van der Waals surface area contributed by atoms with Crippen molar-refractivity contribution in [3.8, 4) is 0 Å². The van der Waals surface area contributed by atoms with Crippen LogP contribution in [0.25, 0.3) is 0 Å². The van der Waals surface area contributed by atoms with Crippen molar-refractivity contribution >= 4 is 17.2 Å². The summed E-state index contributed by atoms with van der Waals surface area (Å²) in [4.78, 5) is 4.86. The zero-order valence-corrected chi connectivity index (χ0v) is 22.4. The Morgan fingerprint density at radius 1 is 1.13 bits per heavy atom. The predicted octanol–water partition coefficient (Wildman–Crippen LogP) is 5.94. The highest BCUT2D eigenvalue weighted by atomic mass is 19.4. The molecule has 0 fully saturated rings. The van der Waals surface area contributed by atoms with E-state index in [1.807, 2.05) is 26.0 Å². The molecule has 6 nitrogen and oxygen atoms in total. The van der Waals surface area contributed by atoms with Crippen LogP contribution in [0.3, 0.4) is 0 Å². The van der Waals surface area contributed by atoms with Crippen LogP contribution in [0.1, 0.15) is 50.3 Å². The van der Waals surface area contributed by atoms with Crippen LogP contribution in [-0.4, -0.2) is 44.0 Å². The van der Waals surface area contributed by atoms with Crippen LogP contribution in [0.4, 0.5) is 24.5 Å². The summed E-state index contributed by atoms with van der Waals surface area (Å²) in [5, 5.41) is 10.1. The van der Waals surface area contributed by atoms with Crippen molar-refractivity contribution in [1.29, 1.82) is 0 Å². The molecule has 0 amide bonds. The molecule has 9 heteroatoms. The summed E-state index contributed by atoms with van der Waals surface area (Å²) in [5.41, 5.74) is 8.75. The van der Waals surface area contributed by atoms with Crippen LogP contribution in [0.15, 0.2) is 71.4 Å². The SMILES string of the molecule is CC(C)OCCNCC1N=C(Nc2ccc(C(C)C)cc2)c2ccc(C/C(=C\C=C/N)C(F)(F)F)cc2N1. The fraction of sp³-hybridized carbons (Fsp3) is 0.414. The van der Waals surface area contributed by atoms with Crippen molar-refractivity contribution < 1.29 is 17.9 Å². The minimum Gasteiger partial charge on any atom is -0.405 e. The van der Waals surface area contributed by atoms with E-state index in [0.29, 0.717) is 37.0 Å². The highest BCUT2D eigenvalue weighted by Gasteiger charge is 2.33. The topological polar surface area (TPSA) is 83.7 Å². The van der Waals surface area contributed by atoms with E-state index in [4.69, 9.17) is 15.5 Å². The van der Waals surface area contributed by atoms with E-state index in [1.165, 1.54) is 11.6 Å². The Kier molecular flexibility index (Phi) is 10.4. The smallest absolute Gasteiger partial charge is 0.405 e. The predicted molar refractivity (Wildman–Crippen MR) is 150 cm³/mol. The fourth-order valence-electron chi connectivity index (χ4n) is 4.00. The van der Waals surface area contributed by atoms with Gasteiger partial charge in [-0.3, -0.25) is 0 Å². The number of halogens is 3. The van der Waals surface area contributed by atoms with Gasteiger partial charge in [-0.25, -0.2) is 4.99 Å². The zero-order valence-electron chi connectivity index (χ0n) is 22.4. The van der Waals surface area contributed by atoms with Gasteiger partial charge in [0.05, 0.1) is 12.7 Å². The largest absolute Gasteiger partial charge is 0.413 e. The first-order valence-corrected chi connectivity index (χ1v) is 12.9. The Morgan fingerprint density at radius 3 is 2.50 bits per heavy atom. The molecule has 1 aliphatic rings. The molecule has 1 atom stereocenters. The molecule has 206 valence electrons. The van der Waals surface area contributed by atoms with Gasteiger partial charge in [0.1, 0.15) is 12.0 Å². The number of aliphatic imine (C=N–C) groups is 1. The maximum absolute atomic E-state index is 13.6. The summed E-state index contributed by atoms with van der Waals surface area (Å²) in [6.07, 6.45) is -1.59. The molecule has 3 rings (SSSR count). The van der Waals surface area contributed by atoms with Crippen LogP contribution in [0.2, 0.25) is 0 Å². The van der Waals surface area contributed by atoms with E-state index in [9.17, 15) is 13.2 Å². The highest BCUT2D eigenvalue weighted by molar-refractivity contribution is 6.12. The Labute approximate surface area is 223 Å². The van der Waals surface area contributed by atoms with E-state index in [-0.39, 0.29) is 18.7 Å². The number of alkyl halides is 3. The van der Waals surface area contributed by atoms with Gasteiger partial charge < -0.3 is 26.4 Å². The quantitative estimate of drug-likeness (QED) is 0.214. The first kappa shape index (κ1) is 29.3. The fourth-order valence-corrected chi connectivity index (χ4v) is 4.00. The van der Waals surface area contributed by atoms with Crippen molar-refractivity contribution in [2.45, 2.75) is 58.5 Å². The number of hydrogen-bond acceptors (Lipinski definition) is 6. The first-order chi connectivity index (χ1) is 18.1. The Hall–Kier alpha value is -3.30. The lowest BCUT2D eigenvalue weighted by atomic mass is 9.99. The number of nitrogens with two attached hydrogens (primary N) is 1. The van der Waals surface area contributed by atoms with Crippen molar-refractivity contribution in [3.05, 3.63) is 83.1 Å². The molecule has 0 bridgehead atoms. The third-order valence-corrected chi connectivity index (χ3v) is 6.02. The Bertz CT molecular complexity index is 1140. The third-order valence-electron chi connectivity index (χ3n) is 6.02. The second-order valence-corrected chi connectivity index (χ2v) is 9.79. The van der Waals surface area contributed by atoms with Crippen LogP contribution >= 0.6 is 0 Å². The third kappa shape index (κ3) is 8.63. The molecule has 1 aliphatic heterocycles. The molecule has 1 heterocycles. The van der Waals surface area contributed by atoms with E-state index >= 15 is 0 Å². The molecule has 0 spiro atoms. The number of ether oxygens (including phenoxy) is 1. The average molecular weight is 530 g/mol. The second-order valence-electron chi connectivity index (χ2n) is 9.79. The van der Waals surface area contributed by atoms with Crippen LogP contribution < -0.4 is 21.7 Å². The molecule has 0 saturated heterocycles. The van der Waals surface area contributed by atoms with Gasteiger partial charge in [-0.1, -0.05) is 38.1 Å². The summed E-state index contributed by atoms with van der Waals surface area (Å²) in [6.45, 7) is 10.0.